The van der Waals surface area contributed by atoms with Gasteiger partial charge in [0.05, 0.1) is 22.1 Å². The second-order valence-corrected chi connectivity index (χ2v) is 9.86. The molecular weight excluding hydrogens is 430 g/mol. The number of benzene rings is 1. The zero-order chi connectivity index (χ0) is 22.9. The van der Waals surface area contributed by atoms with Crippen molar-refractivity contribution < 1.29 is 4.79 Å². The van der Waals surface area contributed by atoms with E-state index in [1.807, 2.05) is 59.1 Å². The van der Waals surface area contributed by atoms with Gasteiger partial charge in [-0.05, 0) is 49.6 Å². The minimum Gasteiger partial charge on any atom is -0.340 e. The van der Waals surface area contributed by atoms with E-state index in [1.54, 1.807) is 11.3 Å². The Morgan fingerprint density at radius 3 is 2.58 bits per heavy atom. The molecule has 0 saturated carbocycles. The Hall–Kier alpha value is -3.32. The van der Waals surface area contributed by atoms with E-state index in [4.69, 9.17) is 5.10 Å². The maximum absolute atomic E-state index is 13.3. The quantitative estimate of drug-likeness (QED) is 0.449. The molecule has 3 aromatic heterocycles. The van der Waals surface area contributed by atoms with Gasteiger partial charge in [0.25, 0.3) is 0 Å². The van der Waals surface area contributed by atoms with Crippen LogP contribution in [0.3, 0.4) is 0 Å². The van der Waals surface area contributed by atoms with Crippen molar-refractivity contribution >= 4 is 17.2 Å². The van der Waals surface area contributed by atoms with Crippen LogP contribution in [0, 0.1) is 20.8 Å². The molecule has 0 radical (unpaired) electrons. The van der Waals surface area contributed by atoms with Crippen molar-refractivity contribution in [2.24, 2.45) is 0 Å². The fraction of sp³-hybridized carbons (Fsp3) is 0.308. The summed E-state index contributed by atoms with van der Waals surface area (Å²) < 4.78 is 1.83. The average Bonchev–Trinajstić information content (AvgIpc) is 3.33. The zero-order valence-electron chi connectivity index (χ0n) is 19.2. The van der Waals surface area contributed by atoms with Gasteiger partial charge in [0.15, 0.2) is 0 Å². The molecule has 1 aliphatic rings. The summed E-state index contributed by atoms with van der Waals surface area (Å²) in [6.07, 6.45) is 3.56. The lowest BCUT2D eigenvalue weighted by Gasteiger charge is -2.20. The van der Waals surface area contributed by atoms with Crippen LogP contribution in [0.1, 0.15) is 26.7 Å². The van der Waals surface area contributed by atoms with Gasteiger partial charge in [0.1, 0.15) is 12.2 Å². The first-order valence-electron chi connectivity index (χ1n) is 11.3. The molecule has 0 unspecified atom stereocenters. The Morgan fingerprint density at radius 2 is 1.79 bits per heavy atom. The van der Waals surface area contributed by atoms with E-state index < -0.39 is 0 Å². The second kappa shape index (κ2) is 8.90. The normalized spacial score (nSPS) is 13.6. The largest absolute Gasteiger partial charge is 0.340 e. The number of aryl methyl sites for hydroxylation is 3. The minimum absolute atomic E-state index is 0.0850. The molecule has 0 spiro atoms. The summed E-state index contributed by atoms with van der Waals surface area (Å²) in [7, 11) is 0. The van der Waals surface area contributed by atoms with Crippen LogP contribution in [0.5, 0.6) is 0 Å². The molecule has 1 amide bonds. The highest BCUT2D eigenvalue weighted by Gasteiger charge is 2.23. The van der Waals surface area contributed by atoms with E-state index in [1.165, 1.54) is 10.4 Å². The van der Waals surface area contributed by atoms with Crippen molar-refractivity contribution in [3.05, 3.63) is 75.4 Å². The Kier molecular flexibility index (Phi) is 5.81. The number of hydrogen-bond acceptors (Lipinski definition) is 5. The Balaban J connectivity index is 1.42. The fourth-order valence-corrected chi connectivity index (χ4v) is 5.21. The molecule has 4 aromatic rings. The monoisotopic (exact) mass is 457 g/mol. The molecule has 33 heavy (non-hydrogen) atoms. The number of hydrogen-bond donors (Lipinski definition) is 0. The van der Waals surface area contributed by atoms with Crippen LogP contribution in [-0.4, -0.2) is 43.6 Å². The van der Waals surface area contributed by atoms with E-state index in [2.05, 4.69) is 29.9 Å². The number of aromatic nitrogens is 4. The molecule has 4 heterocycles. The number of fused-ring (bicyclic) bond motifs is 1. The van der Waals surface area contributed by atoms with Gasteiger partial charge in [-0.25, -0.2) is 4.98 Å². The number of thiazole rings is 1. The van der Waals surface area contributed by atoms with Crippen LogP contribution in [0.15, 0.2) is 48.7 Å². The van der Waals surface area contributed by atoms with Crippen molar-refractivity contribution in [3.8, 4) is 22.6 Å². The van der Waals surface area contributed by atoms with Gasteiger partial charge < -0.3 is 4.90 Å². The highest BCUT2D eigenvalue weighted by atomic mass is 32.1. The standard InChI is InChI=1S/C26H27N5OS/c1-17-13-22(27-15-18(17)2)23-14-24(20-7-5-4-6-8-20)31(29-23)16-26(32)30-11-9-21-25(10-12-30)33-19(3)28-21/h4-8,13-15H,9-12,16H2,1-3H3. The van der Waals surface area contributed by atoms with Gasteiger partial charge in [0.2, 0.25) is 5.91 Å². The minimum atomic E-state index is 0.0850. The highest BCUT2D eigenvalue weighted by Crippen LogP contribution is 2.27. The Labute approximate surface area is 197 Å². The molecule has 1 aromatic carbocycles. The fourth-order valence-electron chi connectivity index (χ4n) is 4.24. The van der Waals surface area contributed by atoms with Crippen molar-refractivity contribution in [2.75, 3.05) is 13.1 Å². The van der Waals surface area contributed by atoms with Gasteiger partial charge in [-0.15, -0.1) is 11.3 Å². The van der Waals surface area contributed by atoms with Crippen LogP contribution in [0.2, 0.25) is 0 Å². The number of nitrogens with zero attached hydrogens (tertiary/aromatic N) is 5. The predicted molar refractivity (Wildman–Crippen MR) is 131 cm³/mol. The van der Waals surface area contributed by atoms with Crippen molar-refractivity contribution in [2.45, 2.75) is 40.2 Å². The lowest BCUT2D eigenvalue weighted by atomic mass is 10.1. The molecule has 6 nitrogen and oxygen atoms in total. The number of rotatable bonds is 4. The third-order valence-electron chi connectivity index (χ3n) is 6.23. The summed E-state index contributed by atoms with van der Waals surface area (Å²) in [6, 6.07) is 14.2. The highest BCUT2D eigenvalue weighted by molar-refractivity contribution is 7.11. The van der Waals surface area contributed by atoms with Crippen LogP contribution >= 0.6 is 11.3 Å². The number of pyridine rings is 1. The van der Waals surface area contributed by atoms with Gasteiger partial charge in [-0.1, -0.05) is 30.3 Å². The molecule has 0 aliphatic carbocycles. The molecule has 0 atom stereocenters. The van der Waals surface area contributed by atoms with Crippen LogP contribution in [-0.2, 0) is 24.2 Å². The Bertz CT molecular complexity index is 1280. The average molecular weight is 458 g/mol. The topological polar surface area (TPSA) is 63.9 Å². The van der Waals surface area contributed by atoms with Crippen LogP contribution in [0.25, 0.3) is 22.6 Å². The molecule has 0 N–H and O–H groups in total. The third kappa shape index (κ3) is 4.46. The Morgan fingerprint density at radius 1 is 1.00 bits per heavy atom. The van der Waals surface area contributed by atoms with E-state index >= 15 is 0 Å². The lowest BCUT2D eigenvalue weighted by Crippen LogP contribution is -2.36. The predicted octanol–water partition coefficient (Wildman–Crippen LogP) is 4.62. The van der Waals surface area contributed by atoms with Crippen LogP contribution in [0.4, 0.5) is 0 Å². The third-order valence-corrected chi connectivity index (χ3v) is 7.31. The van der Waals surface area contributed by atoms with E-state index in [-0.39, 0.29) is 12.5 Å². The first kappa shape index (κ1) is 21.5. The smallest absolute Gasteiger partial charge is 0.244 e. The van der Waals surface area contributed by atoms with E-state index in [0.717, 1.165) is 58.3 Å². The maximum Gasteiger partial charge on any atom is 0.244 e. The summed E-state index contributed by atoms with van der Waals surface area (Å²) in [5.74, 6) is 0.0850. The maximum atomic E-state index is 13.3. The SMILES string of the molecule is Cc1nc2c(s1)CCN(C(=O)Cn1nc(-c3cc(C)c(C)cn3)cc1-c1ccccc1)CC2. The van der Waals surface area contributed by atoms with Crippen molar-refractivity contribution in [1.29, 1.82) is 0 Å². The van der Waals surface area contributed by atoms with Gasteiger partial charge in [-0.2, -0.15) is 5.10 Å². The lowest BCUT2D eigenvalue weighted by molar-refractivity contribution is -0.131. The molecule has 7 heteroatoms. The number of carbonyl (C=O) groups is 1. The first-order valence-corrected chi connectivity index (χ1v) is 12.1. The molecule has 168 valence electrons. The molecule has 1 aliphatic heterocycles. The number of carbonyl (C=O) groups excluding carboxylic acids is 1. The summed E-state index contributed by atoms with van der Waals surface area (Å²) in [6.45, 7) is 7.80. The molecule has 5 rings (SSSR count). The first-order chi connectivity index (χ1) is 16.0. The summed E-state index contributed by atoms with van der Waals surface area (Å²) >= 11 is 1.75. The summed E-state index contributed by atoms with van der Waals surface area (Å²) in [5, 5.41) is 5.93. The summed E-state index contributed by atoms with van der Waals surface area (Å²) in [4.78, 5) is 25.8. The van der Waals surface area contributed by atoms with E-state index in [0.29, 0.717) is 6.54 Å². The molecule has 0 saturated heterocycles. The second-order valence-electron chi connectivity index (χ2n) is 8.58. The zero-order valence-corrected chi connectivity index (χ0v) is 20.0. The number of amides is 1. The summed E-state index contributed by atoms with van der Waals surface area (Å²) in [5.41, 5.74) is 7.03. The molecular formula is C26H27N5OS. The van der Waals surface area contributed by atoms with Crippen molar-refractivity contribution in [3.63, 3.8) is 0 Å². The van der Waals surface area contributed by atoms with Gasteiger partial charge in [0, 0.05) is 37.0 Å². The van der Waals surface area contributed by atoms with E-state index in [9.17, 15) is 4.79 Å². The van der Waals surface area contributed by atoms with Gasteiger partial charge in [-0.3, -0.25) is 14.5 Å². The van der Waals surface area contributed by atoms with Gasteiger partial charge >= 0.3 is 0 Å². The van der Waals surface area contributed by atoms with Crippen molar-refractivity contribution in [1.82, 2.24) is 24.6 Å². The molecule has 0 fully saturated rings. The molecule has 0 bridgehead atoms. The van der Waals surface area contributed by atoms with Crippen LogP contribution < -0.4 is 0 Å².